The van der Waals surface area contributed by atoms with Crippen molar-refractivity contribution in [3.63, 3.8) is 0 Å². The Morgan fingerprint density at radius 1 is 0.872 bits per heavy atom. The minimum Gasteiger partial charge on any atom is -0.488 e. The lowest BCUT2D eigenvalue weighted by atomic mass is 9.94. The van der Waals surface area contributed by atoms with E-state index in [2.05, 4.69) is 93.4 Å². The summed E-state index contributed by atoms with van der Waals surface area (Å²) in [7, 11) is 0. The van der Waals surface area contributed by atoms with Crippen molar-refractivity contribution in [1.82, 2.24) is 15.2 Å². The number of amides is 1. The molecule has 5 rings (SSSR count). The molecule has 2 aliphatic rings. The van der Waals surface area contributed by atoms with E-state index in [0.29, 0.717) is 0 Å². The molecule has 0 atom stereocenters. The fraction of sp³-hybridized carbons (Fsp3) is 0.406. The molecule has 0 spiro atoms. The van der Waals surface area contributed by atoms with Gasteiger partial charge in [-0.3, -0.25) is 4.90 Å². The van der Waals surface area contributed by atoms with Gasteiger partial charge < -0.3 is 20.2 Å². The number of piperidine rings is 1. The third-order valence-electron chi connectivity index (χ3n) is 7.11. The van der Waals surface area contributed by atoms with E-state index in [1.807, 2.05) is 32.9 Å². The summed E-state index contributed by atoms with van der Waals surface area (Å²) in [5, 5.41) is 5.19. The van der Waals surface area contributed by atoms with Crippen molar-refractivity contribution in [3.05, 3.63) is 96.1 Å². The van der Waals surface area contributed by atoms with Crippen LogP contribution in [0, 0.1) is 0 Å². The first-order valence-corrected chi connectivity index (χ1v) is 13.9. The molecule has 2 N–H and O–H groups in total. The lowest BCUT2D eigenvalue weighted by Gasteiger charge is -2.44. The van der Waals surface area contributed by atoms with Gasteiger partial charge in [0.1, 0.15) is 17.5 Å². The van der Waals surface area contributed by atoms with Gasteiger partial charge >= 0.3 is 6.09 Å². The van der Waals surface area contributed by atoms with Crippen LogP contribution in [-0.2, 0) is 4.74 Å². The van der Waals surface area contributed by atoms with Crippen molar-refractivity contribution in [2.24, 2.45) is 0 Å². The largest absolute Gasteiger partial charge is 0.488 e. The van der Waals surface area contributed by atoms with E-state index in [1.165, 1.54) is 11.1 Å². The molecule has 3 aromatic carbocycles. The van der Waals surface area contributed by atoms with Gasteiger partial charge in [-0.15, -0.1) is 0 Å². The topological polar surface area (TPSA) is 66.1 Å². The Labute approximate surface area is 232 Å². The molecule has 206 valence electrons. The molecular weight excluding hydrogens is 488 g/mol. The SMILES string of the molecule is CC(C)(C)OC(=O)NC1CCN(Nc2cccc(OC3CN(C(c4ccccc4)c4ccccc4)C3)c2)CC1. The number of hydrogen-bond acceptors (Lipinski definition) is 6. The van der Waals surface area contributed by atoms with Gasteiger partial charge in [-0.05, 0) is 56.9 Å². The van der Waals surface area contributed by atoms with Crippen LogP contribution in [0.4, 0.5) is 10.5 Å². The van der Waals surface area contributed by atoms with Crippen LogP contribution in [0.5, 0.6) is 5.75 Å². The van der Waals surface area contributed by atoms with Gasteiger partial charge in [-0.25, -0.2) is 9.80 Å². The molecule has 0 unspecified atom stereocenters. The number of anilines is 1. The van der Waals surface area contributed by atoms with Crippen molar-refractivity contribution >= 4 is 11.8 Å². The zero-order valence-electron chi connectivity index (χ0n) is 23.2. The Balaban J connectivity index is 1.11. The molecule has 0 radical (unpaired) electrons. The average molecular weight is 529 g/mol. The number of benzene rings is 3. The number of rotatable bonds is 8. The van der Waals surface area contributed by atoms with E-state index < -0.39 is 5.60 Å². The molecule has 0 aliphatic carbocycles. The second-order valence-electron chi connectivity index (χ2n) is 11.5. The maximum atomic E-state index is 12.1. The molecule has 0 saturated carbocycles. The zero-order chi connectivity index (χ0) is 27.2. The van der Waals surface area contributed by atoms with Crippen molar-refractivity contribution in [2.75, 3.05) is 31.6 Å². The molecular formula is C32H40N4O3. The van der Waals surface area contributed by atoms with Crippen LogP contribution >= 0.6 is 0 Å². The summed E-state index contributed by atoms with van der Waals surface area (Å²) in [6.07, 6.45) is 1.55. The van der Waals surface area contributed by atoms with Gasteiger partial charge in [0.25, 0.3) is 0 Å². The van der Waals surface area contributed by atoms with Crippen molar-refractivity contribution < 1.29 is 14.3 Å². The summed E-state index contributed by atoms with van der Waals surface area (Å²) in [5.74, 6) is 0.877. The Morgan fingerprint density at radius 3 is 2.08 bits per heavy atom. The highest BCUT2D eigenvalue weighted by atomic mass is 16.6. The normalized spacial score (nSPS) is 17.4. The fourth-order valence-corrected chi connectivity index (χ4v) is 5.26. The molecule has 1 amide bonds. The van der Waals surface area contributed by atoms with Crippen LogP contribution in [0.2, 0.25) is 0 Å². The molecule has 2 fully saturated rings. The second kappa shape index (κ2) is 12.1. The predicted molar refractivity (Wildman–Crippen MR) is 155 cm³/mol. The molecule has 2 saturated heterocycles. The summed E-state index contributed by atoms with van der Waals surface area (Å²) < 4.78 is 11.8. The monoisotopic (exact) mass is 528 g/mol. The van der Waals surface area contributed by atoms with E-state index >= 15 is 0 Å². The summed E-state index contributed by atoms with van der Waals surface area (Å²) >= 11 is 0. The number of hydrazine groups is 1. The van der Waals surface area contributed by atoms with Crippen molar-refractivity contribution in [1.29, 1.82) is 0 Å². The zero-order valence-corrected chi connectivity index (χ0v) is 23.2. The molecule has 2 heterocycles. The predicted octanol–water partition coefficient (Wildman–Crippen LogP) is 5.86. The maximum absolute atomic E-state index is 12.1. The van der Waals surface area contributed by atoms with Crippen molar-refractivity contribution in [2.45, 2.75) is 57.4 Å². The van der Waals surface area contributed by atoms with Crippen LogP contribution in [0.15, 0.2) is 84.9 Å². The van der Waals surface area contributed by atoms with Gasteiger partial charge in [-0.1, -0.05) is 66.7 Å². The van der Waals surface area contributed by atoms with Gasteiger partial charge in [0.05, 0.1) is 11.7 Å². The van der Waals surface area contributed by atoms with Crippen LogP contribution in [-0.4, -0.2) is 59.9 Å². The van der Waals surface area contributed by atoms with Crippen LogP contribution < -0.4 is 15.5 Å². The molecule has 2 aliphatic heterocycles. The number of nitrogens with zero attached hydrogens (tertiary/aromatic N) is 2. The average Bonchev–Trinajstić information content (AvgIpc) is 2.89. The summed E-state index contributed by atoms with van der Waals surface area (Å²) in [6.45, 7) is 9.07. The number of nitrogens with one attached hydrogen (secondary N) is 2. The number of carbonyl (C=O) groups is 1. The van der Waals surface area contributed by atoms with Gasteiger partial charge in [-0.2, -0.15) is 0 Å². The number of carbonyl (C=O) groups excluding carboxylic acids is 1. The summed E-state index contributed by atoms with van der Waals surface area (Å²) in [4.78, 5) is 14.6. The number of ether oxygens (including phenoxy) is 2. The molecule has 7 heteroatoms. The number of likely N-dealkylation sites (tertiary alicyclic amines) is 1. The van der Waals surface area contributed by atoms with Gasteiger partial charge in [0.2, 0.25) is 0 Å². The Bertz CT molecular complexity index is 1160. The first-order chi connectivity index (χ1) is 18.8. The smallest absolute Gasteiger partial charge is 0.407 e. The Hall–Kier alpha value is -3.55. The second-order valence-corrected chi connectivity index (χ2v) is 11.5. The third-order valence-corrected chi connectivity index (χ3v) is 7.11. The lowest BCUT2D eigenvalue weighted by Crippen LogP contribution is -2.55. The summed E-state index contributed by atoms with van der Waals surface area (Å²) in [6, 6.07) is 29.9. The molecule has 0 bridgehead atoms. The highest BCUT2D eigenvalue weighted by Gasteiger charge is 2.35. The highest BCUT2D eigenvalue weighted by Crippen LogP contribution is 2.33. The number of hydrogen-bond donors (Lipinski definition) is 2. The lowest BCUT2D eigenvalue weighted by molar-refractivity contribution is 0.000306. The highest BCUT2D eigenvalue weighted by molar-refractivity contribution is 5.68. The van der Waals surface area contributed by atoms with Crippen LogP contribution in [0.25, 0.3) is 0 Å². The standard InChI is InChI=1S/C32H40N4O3/c1-32(2,3)39-31(37)33-26-17-19-36(20-18-26)34-27-15-10-16-28(21-27)38-29-22-35(23-29)30(24-11-6-4-7-12-24)25-13-8-5-9-14-25/h4-16,21,26,29-30,34H,17-20,22-23H2,1-3H3,(H,33,37). The van der Waals surface area contributed by atoms with E-state index in [9.17, 15) is 4.79 Å². The van der Waals surface area contributed by atoms with E-state index in [0.717, 1.165) is 50.5 Å². The Morgan fingerprint density at radius 2 is 1.49 bits per heavy atom. The molecule has 39 heavy (non-hydrogen) atoms. The molecule has 3 aromatic rings. The molecule has 7 nitrogen and oxygen atoms in total. The van der Waals surface area contributed by atoms with Gasteiger partial charge in [0.15, 0.2) is 0 Å². The van der Waals surface area contributed by atoms with E-state index in [-0.39, 0.29) is 24.3 Å². The Kier molecular flexibility index (Phi) is 8.38. The first kappa shape index (κ1) is 27.0. The summed E-state index contributed by atoms with van der Waals surface area (Å²) in [5.41, 5.74) is 6.64. The van der Waals surface area contributed by atoms with E-state index in [1.54, 1.807) is 0 Å². The third kappa shape index (κ3) is 7.52. The first-order valence-electron chi connectivity index (χ1n) is 13.9. The number of alkyl carbamates (subject to hydrolysis) is 1. The van der Waals surface area contributed by atoms with Crippen molar-refractivity contribution in [3.8, 4) is 5.75 Å². The quantitative estimate of drug-likeness (QED) is 0.382. The fourth-order valence-electron chi connectivity index (χ4n) is 5.26. The van der Waals surface area contributed by atoms with E-state index in [4.69, 9.17) is 9.47 Å². The molecule has 0 aromatic heterocycles. The van der Waals surface area contributed by atoms with Gasteiger partial charge in [0, 0.05) is 38.3 Å². The minimum absolute atomic E-state index is 0.129. The minimum atomic E-state index is -0.483. The van der Waals surface area contributed by atoms with Crippen LogP contribution in [0.1, 0.15) is 50.8 Å². The van der Waals surface area contributed by atoms with Crippen LogP contribution in [0.3, 0.4) is 0 Å². The maximum Gasteiger partial charge on any atom is 0.407 e.